The largest absolute Gasteiger partial charge is 0.508 e. The molecule has 32 heavy (non-hydrogen) atoms. The number of sulfonamides is 1. The van der Waals surface area contributed by atoms with Gasteiger partial charge in [-0.3, -0.25) is 4.79 Å². The average molecular weight is 471 g/mol. The Morgan fingerprint density at radius 1 is 1.12 bits per heavy atom. The lowest BCUT2D eigenvalue weighted by Crippen LogP contribution is -2.38. The summed E-state index contributed by atoms with van der Waals surface area (Å²) in [6.07, 6.45) is -4.21. The Hall–Kier alpha value is -3.12. The maximum absolute atomic E-state index is 12.9. The van der Waals surface area contributed by atoms with E-state index in [1.807, 2.05) is 0 Å². The van der Waals surface area contributed by atoms with Gasteiger partial charge >= 0.3 is 6.18 Å². The summed E-state index contributed by atoms with van der Waals surface area (Å²) in [5.41, 5.74) is -0.111. The van der Waals surface area contributed by atoms with E-state index in [1.54, 1.807) is 12.1 Å². The zero-order valence-corrected chi connectivity index (χ0v) is 17.5. The summed E-state index contributed by atoms with van der Waals surface area (Å²) in [4.78, 5) is 16.4. The van der Waals surface area contributed by atoms with Crippen molar-refractivity contribution in [1.29, 1.82) is 0 Å². The number of carbonyl (C=O) groups is 1. The first-order valence-electron chi connectivity index (χ1n) is 9.50. The molecule has 0 aromatic heterocycles. The molecule has 2 N–H and O–H groups in total. The van der Waals surface area contributed by atoms with Gasteiger partial charge in [-0.1, -0.05) is 17.3 Å². The number of anilines is 1. The van der Waals surface area contributed by atoms with Gasteiger partial charge in [0.1, 0.15) is 5.75 Å². The quantitative estimate of drug-likeness (QED) is 0.629. The van der Waals surface area contributed by atoms with Crippen LogP contribution in [0, 0.1) is 0 Å². The number of phenolic OH excluding ortho intramolecular Hbond substituents is 1. The lowest BCUT2D eigenvalue weighted by Gasteiger charge is -2.26. The number of benzene rings is 2. The molecule has 1 amide bonds. The van der Waals surface area contributed by atoms with Crippen molar-refractivity contribution in [2.75, 3.05) is 25.0 Å². The second-order valence-electron chi connectivity index (χ2n) is 6.96. The SMILES string of the molecule is O=C(CON=C1CCN(S(=O)(=O)c2cccc(C(F)(F)F)c2)CC1)Nc1cccc(O)c1. The number of halogens is 3. The van der Waals surface area contributed by atoms with Crippen molar-refractivity contribution in [2.24, 2.45) is 5.16 Å². The number of rotatable bonds is 6. The number of piperidine rings is 1. The van der Waals surface area contributed by atoms with E-state index in [0.29, 0.717) is 17.5 Å². The zero-order chi connectivity index (χ0) is 23.4. The fourth-order valence-electron chi connectivity index (χ4n) is 3.02. The van der Waals surface area contributed by atoms with E-state index in [2.05, 4.69) is 10.5 Å². The van der Waals surface area contributed by atoms with Crippen molar-refractivity contribution in [3.8, 4) is 5.75 Å². The summed E-state index contributed by atoms with van der Waals surface area (Å²) in [7, 11) is -4.09. The molecule has 172 valence electrons. The number of nitrogens with zero attached hydrogens (tertiary/aromatic N) is 2. The number of phenols is 1. The predicted octanol–water partition coefficient (Wildman–Crippen LogP) is 3.21. The number of aromatic hydroxyl groups is 1. The Labute approximate surface area is 182 Å². The van der Waals surface area contributed by atoms with Crippen LogP contribution in [-0.4, -0.2) is 49.1 Å². The van der Waals surface area contributed by atoms with Crippen LogP contribution in [0.25, 0.3) is 0 Å². The molecule has 0 atom stereocenters. The van der Waals surface area contributed by atoms with Gasteiger partial charge in [0, 0.05) is 37.7 Å². The van der Waals surface area contributed by atoms with Crippen LogP contribution in [-0.2, 0) is 25.8 Å². The van der Waals surface area contributed by atoms with E-state index < -0.39 is 32.6 Å². The molecule has 1 heterocycles. The van der Waals surface area contributed by atoms with Gasteiger partial charge < -0.3 is 15.3 Å². The molecule has 0 bridgehead atoms. The van der Waals surface area contributed by atoms with E-state index in [4.69, 9.17) is 4.84 Å². The normalized spacial score (nSPS) is 15.3. The molecule has 0 radical (unpaired) electrons. The summed E-state index contributed by atoms with van der Waals surface area (Å²) in [5, 5.41) is 15.7. The van der Waals surface area contributed by atoms with Crippen LogP contribution in [0.5, 0.6) is 5.75 Å². The predicted molar refractivity (Wildman–Crippen MR) is 110 cm³/mol. The van der Waals surface area contributed by atoms with Crippen LogP contribution in [0.2, 0.25) is 0 Å². The smallest absolute Gasteiger partial charge is 0.416 e. The minimum atomic E-state index is -4.64. The van der Waals surface area contributed by atoms with Crippen LogP contribution < -0.4 is 5.32 Å². The summed E-state index contributed by atoms with van der Waals surface area (Å²) >= 11 is 0. The van der Waals surface area contributed by atoms with Crippen molar-refractivity contribution < 1.29 is 36.3 Å². The van der Waals surface area contributed by atoms with Gasteiger partial charge in [-0.05, 0) is 30.3 Å². The maximum atomic E-state index is 12.9. The molecule has 1 fully saturated rings. The molecule has 0 saturated carbocycles. The van der Waals surface area contributed by atoms with Crippen LogP contribution in [0.1, 0.15) is 18.4 Å². The first-order valence-corrected chi connectivity index (χ1v) is 10.9. The van der Waals surface area contributed by atoms with Crippen molar-refractivity contribution in [1.82, 2.24) is 4.31 Å². The number of alkyl halides is 3. The second kappa shape index (κ2) is 9.57. The Morgan fingerprint density at radius 3 is 2.47 bits per heavy atom. The first-order chi connectivity index (χ1) is 15.1. The molecule has 0 aliphatic carbocycles. The highest BCUT2D eigenvalue weighted by molar-refractivity contribution is 7.89. The summed E-state index contributed by atoms with van der Waals surface area (Å²) in [6.45, 7) is -0.335. The summed E-state index contributed by atoms with van der Waals surface area (Å²) < 4.78 is 65.1. The molecule has 1 saturated heterocycles. The maximum Gasteiger partial charge on any atom is 0.416 e. The number of hydrogen-bond donors (Lipinski definition) is 2. The summed E-state index contributed by atoms with van der Waals surface area (Å²) in [6, 6.07) is 9.59. The van der Waals surface area contributed by atoms with E-state index in [9.17, 15) is 31.5 Å². The van der Waals surface area contributed by atoms with Gasteiger partial charge in [0.25, 0.3) is 5.91 Å². The summed E-state index contributed by atoms with van der Waals surface area (Å²) in [5.74, 6) is -0.500. The fraction of sp³-hybridized carbons (Fsp3) is 0.300. The van der Waals surface area contributed by atoms with Gasteiger partial charge in [-0.25, -0.2) is 8.42 Å². The lowest BCUT2D eigenvalue weighted by atomic mass is 10.1. The average Bonchev–Trinajstić information content (AvgIpc) is 2.73. The van der Waals surface area contributed by atoms with Crippen LogP contribution in [0.4, 0.5) is 18.9 Å². The van der Waals surface area contributed by atoms with Gasteiger partial charge in [0.2, 0.25) is 10.0 Å². The molecule has 3 rings (SSSR count). The Bertz CT molecular complexity index is 1110. The van der Waals surface area contributed by atoms with Crippen LogP contribution in [0.3, 0.4) is 0 Å². The number of oxime groups is 1. The minimum absolute atomic E-state index is 0.00388. The van der Waals surface area contributed by atoms with E-state index in [0.717, 1.165) is 22.5 Å². The monoisotopic (exact) mass is 471 g/mol. The van der Waals surface area contributed by atoms with Gasteiger partial charge in [0.15, 0.2) is 6.61 Å². The molecule has 8 nitrogen and oxygen atoms in total. The van der Waals surface area contributed by atoms with Gasteiger partial charge in [-0.15, -0.1) is 0 Å². The third-order valence-corrected chi connectivity index (χ3v) is 6.51. The number of amides is 1. The molecule has 12 heteroatoms. The third-order valence-electron chi connectivity index (χ3n) is 4.62. The standard InChI is InChI=1S/C20H20F3N3O5S/c21-20(22,23)14-3-1-6-18(11-14)32(29,30)26-9-7-15(8-10-26)25-31-13-19(28)24-16-4-2-5-17(27)12-16/h1-6,11-12,27H,7-10,13H2,(H,24,28). The molecule has 1 aliphatic rings. The van der Waals surface area contributed by atoms with Crippen molar-refractivity contribution in [3.63, 3.8) is 0 Å². The van der Waals surface area contributed by atoms with E-state index in [-0.39, 0.29) is 38.3 Å². The van der Waals surface area contributed by atoms with Gasteiger partial charge in [0.05, 0.1) is 16.2 Å². The molecular formula is C20H20F3N3O5S. The highest BCUT2D eigenvalue weighted by atomic mass is 32.2. The number of carbonyl (C=O) groups excluding carboxylic acids is 1. The third kappa shape index (κ3) is 5.98. The molecular weight excluding hydrogens is 451 g/mol. The Kier molecular flexibility index (Phi) is 7.04. The van der Waals surface area contributed by atoms with Gasteiger partial charge in [-0.2, -0.15) is 17.5 Å². The molecule has 0 unspecified atom stereocenters. The Balaban J connectivity index is 1.53. The lowest BCUT2D eigenvalue weighted by molar-refractivity contribution is -0.137. The molecule has 2 aromatic carbocycles. The molecule has 0 spiro atoms. The van der Waals surface area contributed by atoms with Crippen LogP contribution >= 0.6 is 0 Å². The number of nitrogens with one attached hydrogen (secondary N) is 1. The minimum Gasteiger partial charge on any atom is -0.508 e. The zero-order valence-electron chi connectivity index (χ0n) is 16.7. The Morgan fingerprint density at radius 2 is 1.81 bits per heavy atom. The topological polar surface area (TPSA) is 108 Å². The molecule has 1 aliphatic heterocycles. The first kappa shape index (κ1) is 23.5. The highest BCUT2D eigenvalue weighted by Crippen LogP contribution is 2.31. The van der Waals surface area contributed by atoms with Crippen LogP contribution in [0.15, 0.2) is 58.6 Å². The number of hydrogen-bond acceptors (Lipinski definition) is 6. The molecule has 2 aromatic rings. The van der Waals surface area contributed by atoms with Crippen molar-refractivity contribution in [3.05, 3.63) is 54.1 Å². The second-order valence-corrected chi connectivity index (χ2v) is 8.90. The van der Waals surface area contributed by atoms with Crippen molar-refractivity contribution in [2.45, 2.75) is 23.9 Å². The highest BCUT2D eigenvalue weighted by Gasteiger charge is 2.33. The van der Waals surface area contributed by atoms with E-state index in [1.165, 1.54) is 12.1 Å². The van der Waals surface area contributed by atoms with E-state index >= 15 is 0 Å². The fourth-order valence-corrected chi connectivity index (χ4v) is 4.51. The van der Waals surface area contributed by atoms with Crippen molar-refractivity contribution >= 4 is 27.3 Å².